The number of hydrogen-bond donors (Lipinski definition) is 0. The molecule has 82 valence electrons. The molecule has 0 radical (unpaired) electrons. The molecule has 1 fully saturated rings. The summed E-state index contributed by atoms with van der Waals surface area (Å²) >= 11 is 3.23. The lowest BCUT2D eigenvalue weighted by Crippen LogP contribution is -2.07. The Bertz CT molecular complexity index is 334. The van der Waals surface area contributed by atoms with Crippen LogP contribution in [0.25, 0.3) is 0 Å². The van der Waals surface area contributed by atoms with Crippen LogP contribution in [-0.4, -0.2) is 6.10 Å². The summed E-state index contributed by atoms with van der Waals surface area (Å²) in [4.78, 5) is 0. The summed E-state index contributed by atoms with van der Waals surface area (Å²) in [5, 5.41) is 0. The first-order valence-electron chi connectivity index (χ1n) is 5.31. The summed E-state index contributed by atoms with van der Waals surface area (Å²) in [7, 11) is 0. The molecule has 3 heteroatoms. The summed E-state index contributed by atoms with van der Waals surface area (Å²) in [5.74, 6) is -0.192. The molecule has 1 aromatic carbocycles. The summed E-state index contributed by atoms with van der Waals surface area (Å²) in [6.07, 6.45) is 5.07. The van der Waals surface area contributed by atoms with E-state index in [1.54, 1.807) is 6.07 Å². The van der Waals surface area contributed by atoms with Crippen molar-refractivity contribution in [2.24, 2.45) is 0 Å². The number of halogens is 2. The lowest BCUT2D eigenvalue weighted by Gasteiger charge is -2.11. The van der Waals surface area contributed by atoms with E-state index in [0.29, 0.717) is 18.3 Å². The standard InChI is InChI=1S/C12H14BrFO/c13-10-6-5-9(12(14)7-10)8-15-11-3-1-2-4-11/h5-7,11H,1-4,8H2. The van der Waals surface area contributed by atoms with Crippen molar-refractivity contribution in [1.82, 2.24) is 0 Å². The summed E-state index contributed by atoms with van der Waals surface area (Å²) in [6.45, 7) is 0.393. The Hall–Kier alpha value is -0.410. The van der Waals surface area contributed by atoms with E-state index in [1.165, 1.54) is 18.9 Å². The molecule has 1 saturated carbocycles. The third-order valence-corrected chi connectivity index (χ3v) is 3.29. The molecule has 0 unspecified atom stereocenters. The molecule has 0 amide bonds. The van der Waals surface area contributed by atoms with Crippen molar-refractivity contribution in [2.75, 3.05) is 0 Å². The van der Waals surface area contributed by atoms with Gasteiger partial charge in [0.25, 0.3) is 0 Å². The second kappa shape index (κ2) is 5.08. The van der Waals surface area contributed by atoms with Crippen LogP contribution in [0.2, 0.25) is 0 Å². The molecule has 0 aromatic heterocycles. The lowest BCUT2D eigenvalue weighted by atomic mass is 10.2. The van der Waals surface area contributed by atoms with Gasteiger partial charge in [0.05, 0.1) is 12.7 Å². The van der Waals surface area contributed by atoms with E-state index in [0.717, 1.165) is 17.3 Å². The summed E-state index contributed by atoms with van der Waals surface area (Å²) < 4.78 is 19.8. The molecule has 0 aliphatic heterocycles. The molecule has 1 aromatic rings. The maximum absolute atomic E-state index is 13.4. The minimum Gasteiger partial charge on any atom is -0.373 e. The SMILES string of the molecule is Fc1cc(Br)ccc1COC1CCCC1. The maximum Gasteiger partial charge on any atom is 0.129 e. The molecule has 0 heterocycles. The Labute approximate surface area is 97.8 Å². The predicted molar refractivity (Wildman–Crippen MR) is 61.1 cm³/mol. The molecule has 0 bridgehead atoms. The van der Waals surface area contributed by atoms with E-state index in [9.17, 15) is 4.39 Å². The van der Waals surface area contributed by atoms with Gasteiger partial charge in [-0.1, -0.05) is 34.8 Å². The first kappa shape index (κ1) is 11.1. The molecule has 0 spiro atoms. The Morgan fingerprint density at radius 3 is 2.73 bits per heavy atom. The van der Waals surface area contributed by atoms with Gasteiger partial charge in [0.2, 0.25) is 0 Å². The minimum absolute atomic E-state index is 0.192. The van der Waals surface area contributed by atoms with Crippen molar-refractivity contribution in [3.63, 3.8) is 0 Å². The molecule has 15 heavy (non-hydrogen) atoms. The summed E-state index contributed by atoms with van der Waals surface area (Å²) in [6, 6.07) is 5.10. The van der Waals surface area contributed by atoms with E-state index >= 15 is 0 Å². The van der Waals surface area contributed by atoms with E-state index < -0.39 is 0 Å². The quantitative estimate of drug-likeness (QED) is 0.807. The first-order valence-corrected chi connectivity index (χ1v) is 6.10. The molecule has 0 atom stereocenters. The van der Waals surface area contributed by atoms with Crippen molar-refractivity contribution in [3.8, 4) is 0 Å². The summed E-state index contributed by atoms with van der Waals surface area (Å²) in [5.41, 5.74) is 0.644. The average molecular weight is 273 g/mol. The number of hydrogen-bond acceptors (Lipinski definition) is 1. The molecular weight excluding hydrogens is 259 g/mol. The van der Waals surface area contributed by atoms with Crippen LogP contribution < -0.4 is 0 Å². The highest BCUT2D eigenvalue weighted by atomic mass is 79.9. The highest BCUT2D eigenvalue weighted by Crippen LogP contribution is 2.23. The second-order valence-electron chi connectivity index (χ2n) is 3.95. The normalized spacial score (nSPS) is 17.2. The van der Waals surface area contributed by atoms with E-state index in [4.69, 9.17) is 4.74 Å². The zero-order valence-electron chi connectivity index (χ0n) is 8.51. The zero-order valence-corrected chi connectivity index (χ0v) is 10.1. The van der Waals surface area contributed by atoms with Crippen LogP contribution in [0, 0.1) is 5.82 Å². The fourth-order valence-corrected chi connectivity index (χ4v) is 2.23. The van der Waals surface area contributed by atoms with Gasteiger partial charge >= 0.3 is 0 Å². The van der Waals surface area contributed by atoms with Gasteiger partial charge in [-0.05, 0) is 25.0 Å². The molecule has 1 nitrogen and oxygen atoms in total. The second-order valence-corrected chi connectivity index (χ2v) is 4.87. The Kier molecular flexibility index (Phi) is 3.76. The third kappa shape index (κ3) is 3.02. The topological polar surface area (TPSA) is 9.23 Å². The number of rotatable bonds is 3. The van der Waals surface area contributed by atoms with Gasteiger partial charge in [-0.2, -0.15) is 0 Å². The molecule has 0 N–H and O–H groups in total. The van der Waals surface area contributed by atoms with E-state index in [-0.39, 0.29) is 5.82 Å². The van der Waals surface area contributed by atoms with Crippen LogP contribution in [0.15, 0.2) is 22.7 Å². The highest BCUT2D eigenvalue weighted by molar-refractivity contribution is 9.10. The van der Waals surface area contributed by atoms with E-state index in [2.05, 4.69) is 15.9 Å². The van der Waals surface area contributed by atoms with Gasteiger partial charge in [0.1, 0.15) is 5.82 Å². The first-order chi connectivity index (χ1) is 7.25. The zero-order chi connectivity index (χ0) is 10.7. The Morgan fingerprint density at radius 1 is 1.33 bits per heavy atom. The van der Waals surface area contributed by atoms with Crippen LogP contribution in [0.1, 0.15) is 31.2 Å². The van der Waals surface area contributed by atoms with Crippen molar-refractivity contribution in [3.05, 3.63) is 34.1 Å². The van der Waals surface area contributed by atoms with Crippen LogP contribution >= 0.6 is 15.9 Å². The van der Waals surface area contributed by atoms with Crippen LogP contribution in [-0.2, 0) is 11.3 Å². The smallest absolute Gasteiger partial charge is 0.129 e. The number of ether oxygens (including phenoxy) is 1. The minimum atomic E-state index is -0.192. The fraction of sp³-hybridized carbons (Fsp3) is 0.500. The lowest BCUT2D eigenvalue weighted by molar-refractivity contribution is 0.0441. The Balaban J connectivity index is 1.92. The average Bonchev–Trinajstić information content (AvgIpc) is 2.69. The fourth-order valence-electron chi connectivity index (χ4n) is 1.90. The van der Waals surface area contributed by atoms with Gasteiger partial charge in [0.15, 0.2) is 0 Å². The van der Waals surface area contributed by atoms with Gasteiger partial charge in [-0.25, -0.2) is 4.39 Å². The van der Waals surface area contributed by atoms with E-state index in [1.807, 2.05) is 6.07 Å². The molecule has 0 saturated heterocycles. The highest BCUT2D eigenvalue weighted by Gasteiger charge is 2.15. The maximum atomic E-state index is 13.4. The third-order valence-electron chi connectivity index (χ3n) is 2.79. The van der Waals surface area contributed by atoms with Crippen molar-refractivity contribution in [1.29, 1.82) is 0 Å². The van der Waals surface area contributed by atoms with Crippen LogP contribution in [0.5, 0.6) is 0 Å². The number of benzene rings is 1. The largest absolute Gasteiger partial charge is 0.373 e. The van der Waals surface area contributed by atoms with Gasteiger partial charge < -0.3 is 4.74 Å². The monoisotopic (exact) mass is 272 g/mol. The van der Waals surface area contributed by atoms with Gasteiger partial charge in [-0.15, -0.1) is 0 Å². The van der Waals surface area contributed by atoms with Crippen molar-refractivity contribution in [2.45, 2.75) is 38.4 Å². The van der Waals surface area contributed by atoms with Gasteiger partial charge in [-0.3, -0.25) is 0 Å². The molecule has 2 rings (SSSR count). The van der Waals surface area contributed by atoms with Gasteiger partial charge in [0, 0.05) is 10.0 Å². The predicted octanol–water partition coefficient (Wildman–Crippen LogP) is 4.05. The van der Waals surface area contributed by atoms with Crippen molar-refractivity contribution < 1.29 is 9.13 Å². The van der Waals surface area contributed by atoms with Crippen LogP contribution in [0.3, 0.4) is 0 Å². The Morgan fingerprint density at radius 2 is 2.07 bits per heavy atom. The molecule has 1 aliphatic rings. The van der Waals surface area contributed by atoms with Crippen molar-refractivity contribution >= 4 is 15.9 Å². The molecular formula is C12H14BrFO. The van der Waals surface area contributed by atoms with Crippen LogP contribution in [0.4, 0.5) is 4.39 Å². The molecule has 1 aliphatic carbocycles.